The van der Waals surface area contributed by atoms with Gasteiger partial charge in [-0.3, -0.25) is 9.13 Å². The Balaban J connectivity index is 3.19. The predicted octanol–water partition coefficient (Wildman–Crippen LogP) is 6.83. The average Bonchev–Trinajstić information content (AvgIpc) is 2.53. The van der Waals surface area contributed by atoms with Gasteiger partial charge in [-0.05, 0) is 6.42 Å². The topological polar surface area (TPSA) is 83.8 Å². The van der Waals surface area contributed by atoms with Crippen LogP contribution in [0.4, 0.5) is 0 Å². The lowest BCUT2D eigenvalue weighted by Gasteiger charge is -2.09. The first-order valence-corrected chi connectivity index (χ1v) is 13.2. The van der Waals surface area contributed by atoms with Crippen molar-refractivity contribution in [2.75, 3.05) is 6.16 Å². The van der Waals surface area contributed by atoms with Crippen LogP contribution < -0.4 is 0 Å². The summed E-state index contributed by atoms with van der Waals surface area (Å²) in [5.74, 6) is 0. The Kier molecular flexibility index (Phi) is 18.0. The summed E-state index contributed by atoms with van der Waals surface area (Å²) in [5.41, 5.74) is 0. The summed E-state index contributed by atoms with van der Waals surface area (Å²) < 4.78 is 26.0. The molecule has 5 nitrogen and oxygen atoms in total. The third kappa shape index (κ3) is 20.5. The Morgan fingerprint density at radius 3 is 1.36 bits per heavy atom. The van der Waals surface area contributed by atoms with Crippen LogP contribution in [0.5, 0.6) is 0 Å². The van der Waals surface area contributed by atoms with Gasteiger partial charge in [0, 0.05) is 0 Å². The van der Waals surface area contributed by atoms with E-state index in [4.69, 9.17) is 4.89 Å². The molecule has 0 aliphatic rings. The zero-order valence-electron chi connectivity index (χ0n) is 16.1. The Bertz CT molecular complexity index is 363. The van der Waals surface area contributed by atoms with E-state index in [2.05, 4.69) is 11.2 Å². The summed E-state index contributed by atoms with van der Waals surface area (Å²) in [7, 11) is -7.18. The molecule has 7 heteroatoms. The van der Waals surface area contributed by atoms with Gasteiger partial charge < -0.3 is 9.79 Å². The fourth-order valence-electron chi connectivity index (χ4n) is 3.03. The molecule has 0 radical (unpaired) electrons. The molecule has 25 heavy (non-hydrogen) atoms. The van der Waals surface area contributed by atoms with E-state index in [9.17, 15) is 14.0 Å². The van der Waals surface area contributed by atoms with Gasteiger partial charge in [0.15, 0.2) is 0 Å². The standard InChI is InChI=1S/C18H40O5P2/c1-2-3-4-5-6-7-8-9-10-11-12-13-14-15-16-17-18-25(21,22)23-24(19)20/h24H,2-18H2,1H3,(H,19,20)(H,21,22). The second-order valence-electron chi connectivity index (χ2n) is 7.02. The van der Waals surface area contributed by atoms with Crippen LogP contribution in [0, 0.1) is 0 Å². The Labute approximate surface area is 155 Å². The van der Waals surface area contributed by atoms with Gasteiger partial charge in [-0.15, -0.1) is 0 Å². The molecule has 0 aromatic rings. The lowest BCUT2D eigenvalue weighted by atomic mass is 10.0. The van der Waals surface area contributed by atoms with Crippen molar-refractivity contribution >= 4 is 15.9 Å². The molecule has 0 heterocycles. The third-order valence-electron chi connectivity index (χ3n) is 4.51. The molecule has 2 unspecified atom stereocenters. The van der Waals surface area contributed by atoms with Crippen molar-refractivity contribution in [3.05, 3.63) is 0 Å². The highest BCUT2D eigenvalue weighted by Gasteiger charge is 2.20. The molecule has 152 valence electrons. The van der Waals surface area contributed by atoms with Crippen LogP contribution in [0.15, 0.2) is 0 Å². The van der Waals surface area contributed by atoms with E-state index >= 15 is 0 Å². The number of hydrogen-bond acceptors (Lipinski definition) is 3. The largest absolute Gasteiger partial charge is 0.335 e. The number of hydrogen-bond donors (Lipinski definition) is 2. The normalized spacial score (nSPS) is 15.2. The van der Waals surface area contributed by atoms with E-state index in [1.54, 1.807) is 0 Å². The molecule has 0 aliphatic heterocycles. The lowest BCUT2D eigenvalue weighted by Crippen LogP contribution is -1.91. The molecule has 0 fully saturated rings. The van der Waals surface area contributed by atoms with Gasteiger partial charge in [0.05, 0.1) is 6.16 Å². The molecule has 0 aromatic carbocycles. The zero-order chi connectivity index (χ0) is 18.8. The van der Waals surface area contributed by atoms with Crippen LogP contribution in [0.1, 0.15) is 110 Å². The number of rotatable bonds is 19. The smallest absolute Gasteiger partial charge is 0.326 e. The van der Waals surface area contributed by atoms with Crippen LogP contribution in [0.25, 0.3) is 0 Å². The van der Waals surface area contributed by atoms with Crippen molar-refractivity contribution in [2.45, 2.75) is 110 Å². The number of unbranched alkanes of at least 4 members (excludes halogenated alkanes) is 15. The quantitative estimate of drug-likeness (QED) is 0.184. The van der Waals surface area contributed by atoms with Crippen LogP contribution in [0.2, 0.25) is 0 Å². The van der Waals surface area contributed by atoms with Crippen molar-refractivity contribution in [3.63, 3.8) is 0 Å². The maximum Gasteiger partial charge on any atom is 0.335 e. The van der Waals surface area contributed by atoms with Gasteiger partial charge in [0.1, 0.15) is 0 Å². The molecule has 0 spiro atoms. The monoisotopic (exact) mass is 398 g/mol. The molecule has 2 N–H and O–H groups in total. The first-order valence-electron chi connectivity index (χ1n) is 10.2. The molecular weight excluding hydrogens is 358 g/mol. The van der Waals surface area contributed by atoms with E-state index in [0.717, 1.165) is 19.3 Å². The lowest BCUT2D eigenvalue weighted by molar-refractivity contribution is 0.348. The van der Waals surface area contributed by atoms with Crippen molar-refractivity contribution in [1.82, 2.24) is 0 Å². The van der Waals surface area contributed by atoms with Gasteiger partial charge in [0.2, 0.25) is 0 Å². The molecule has 0 saturated heterocycles. The molecule has 0 aromatic heterocycles. The van der Waals surface area contributed by atoms with Crippen molar-refractivity contribution < 1.29 is 23.2 Å². The fourth-order valence-corrected chi connectivity index (χ4v) is 4.99. The maximum absolute atomic E-state index is 11.4. The summed E-state index contributed by atoms with van der Waals surface area (Å²) in [6.07, 6.45) is 19.9. The summed E-state index contributed by atoms with van der Waals surface area (Å²) >= 11 is 0. The molecule has 0 amide bonds. The van der Waals surface area contributed by atoms with Gasteiger partial charge in [-0.2, -0.15) is 0 Å². The second-order valence-corrected chi connectivity index (χ2v) is 10.0. The molecule has 0 rings (SSSR count). The van der Waals surface area contributed by atoms with E-state index in [0.29, 0.717) is 6.42 Å². The Morgan fingerprint density at radius 1 is 0.720 bits per heavy atom. The minimum atomic E-state index is -3.85. The summed E-state index contributed by atoms with van der Waals surface area (Å²) in [4.78, 5) is 17.8. The summed E-state index contributed by atoms with van der Waals surface area (Å²) in [6.45, 7) is 2.26. The molecule has 0 bridgehead atoms. The van der Waals surface area contributed by atoms with E-state index in [-0.39, 0.29) is 6.16 Å². The highest BCUT2D eigenvalue weighted by Crippen LogP contribution is 2.50. The highest BCUT2D eigenvalue weighted by molar-refractivity contribution is 7.59. The Morgan fingerprint density at radius 2 is 1.04 bits per heavy atom. The van der Waals surface area contributed by atoms with Crippen molar-refractivity contribution in [3.8, 4) is 0 Å². The molecular formula is C18H40O5P2. The highest BCUT2D eigenvalue weighted by atomic mass is 31.2. The van der Waals surface area contributed by atoms with Crippen LogP contribution in [-0.2, 0) is 13.4 Å². The van der Waals surface area contributed by atoms with E-state index < -0.39 is 15.9 Å². The van der Waals surface area contributed by atoms with Gasteiger partial charge in [-0.1, -0.05) is 103 Å². The van der Waals surface area contributed by atoms with Gasteiger partial charge >= 0.3 is 15.9 Å². The molecule has 2 atom stereocenters. The first kappa shape index (κ1) is 25.3. The maximum atomic E-state index is 11.4. The predicted molar refractivity (Wildman–Crippen MR) is 107 cm³/mol. The third-order valence-corrected chi connectivity index (χ3v) is 7.16. The van der Waals surface area contributed by atoms with E-state index in [1.165, 1.54) is 77.0 Å². The summed E-state index contributed by atoms with van der Waals surface area (Å²) in [6, 6.07) is 0. The molecule has 0 saturated carbocycles. The first-order chi connectivity index (χ1) is 12.0. The zero-order valence-corrected chi connectivity index (χ0v) is 18.0. The van der Waals surface area contributed by atoms with Crippen LogP contribution >= 0.6 is 15.9 Å². The van der Waals surface area contributed by atoms with Crippen molar-refractivity contribution in [1.29, 1.82) is 0 Å². The van der Waals surface area contributed by atoms with Crippen LogP contribution in [0.3, 0.4) is 0 Å². The minimum absolute atomic E-state index is 0.0254. The van der Waals surface area contributed by atoms with Gasteiger partial charge in [0.25, 0.3) is 0 Å². The molecule has 0 aliphatic carbocycles. The second kappa shape index (κ2) is 17.7. The fraction of sp³-hybridized carbons (Fsp3) is 1.00. The van der Waals surface area contributed by atoms with Crippen molar-refractivity contribution in [2.24, 2.45) is 0 Å². The minimum Gasteiger partial charge on any atom is -0.326 e. The SMILES string of the molecule is CCCCCCCCCCCCCCCCCCP(=O)(O)O[PH](=O)O. The Hall–Kier alpha value is 0.340. The van der Waals surface area contributed by atoms with Crippen LogP contribution in [-0.4, -0.2) is 15.9 Å². The van der Waals surface area contributed by atoms with E-state index in [1.807, 2.05) is 0 Å². The summed E-state index contributed by atoms with van der Waals surface area (Å²) in [5, 5.41) is 0. The van der Waals surface area contributed by atoms with Gasteiger partial charge in [-0.25, -0.2) is 4.31 Å². The average molecular weight is 398 g/mol.